The highest BCUT2D eigenvalue weighted by atomic mass is 16.6. The van der Waals surface area contributed by atoms with Crippen LogP contribution in [0.3, 0.4) is 0 Å². The fourth-order valence-corrected chi connectivity index (χ4v) is 2.59. The number of amides is 1. The minimum absolute atomic E-state index is 0.212. The first kappa shape index (κ1) is 17.3. The SMILES string of the molecule is CN(CC1CCN(C(C)(C)C)CC1)C(=O)OC(C)(C)C. The number of hydrogen-bond acceptors (Lipinski definition) is 3. The van der Waals surface area contributed by atoms with Crippen LogP contribution < -0.4 is 0 Å². The molecule has 118 valence electrons. The highest BCUT2D eigenvalue weighted by molar-refractivity contribution is 5.67. The Kier molecular flexibility index (Phi) is 5.47. The zero-order valence-corrected chi connectivity index (χ0v) is 14.3. The van der Waals surface area contributed by atoms with E-state index in [1.165, 1.54) is 0 Å². The fraction of sp³-hybridized carbons (Fsp3) is 0.938. The third kappa shape index (κ3) is 5.70. The van der Waals surface area contributed by atoms with Gasteiger partial charge in [0, 0.05) is 19.1 Å². The fourth-order valence-electron chi connectivity index (χ4n) is 2.59. The van der Waals surface area contributed by atoms with E-state index in [-0.39, 0.29) is 11.6 Å². The smallest absolute Gasteiger partial charge is 0.410 e. The number of likely N-dealkylation sites (tertiary alicyclic amines) is 1. The van der Waals surface area contributed by atoms with Gasteiger partial charge in [-0.05, 0) is 73.4 Å². The zero-order chi connectivity index (χ0) is 15.6. The van der Waals surface area contributed by atoms with Crippen molar-refractivity contribution in [3.8, 4) is 0 Å². The first-order chi connectivity index (χ1) is 8.99. The van der Waals surface area contributed by atoms with Gasteiger partial charge in [0.25, 0.3) is 0 Å². The summed E-state index contributed by atoms with van der Waals surface area (Å²) in [7, 11) is 1.84. The van der Waals surface area contributed by atoms with Crippen LogP contribution in [0.2, 0.25) is 0 Å². The van der Waals surface area contributed by atoms with Crippen molar-refractivity contribution in [2.75, 3.05) is 26.7 Å². The lowest BCUT2D eigenvalue weighted by Gasteiger charge is -2.41. The van der Waals surface area contributed by atoms with E-state index < -0.39 is 5.60 Å². The van der Waals surface area contributed by atoms with Crippen LogP contribution in [0.4, 0.5) is 4.79 Å². The van der Waals surface area contributed by atoms with Crippen molar-refractivity contribution in [3.63, 3.8) is 0 Å². The van der Waals surface area contributed by atoms with E-state index in [2.05, 4.69) is 25.7 Å². The zero-order valence-electron chi connectivity index (χ0n) is 14.3. The van der Waals surface area contributed by atoms with Gasteiger partial charge in [0.15, 0.2) is 0 Å². The summed E-state index contributed by atoms with van der Waals surface area (Å²) >= 11 is 0. The Morgan fingerprint density at radius 3 is 2.05 bits per heavy atom. The molecular weight excluding hydrogens is 252 g/mol. The molecule has 0 aliphatic carbocycles. The van der Waals surface area contributed by atoms with Crippen molar-refractivity contribution in [2.24, 2.45) is 5.92 Å². The van der Waals surface area contributed by atoms with Gasteiger partial charge in [-0.2, -0.15) is 0 Å². The molecule has 20 heavy (non-hydrogen) atoms. The maximum Gasteiger partial charge on any atom is 0.410 e. The molecule has 0 aromatic rings. The molecule has 0 unspecified atom stereocenters. The standard InChI is InChI=1S/C16H32N2O2/c1-15(2,3)18-10-8-13(9-11-18)12-17(7)14(19)20-16(4,5)6/h13H,8-12H2,1-7H3. The number of piperidine rings is 1. The molecule has 0 atom stereocenters. The first-order valence-corrected chi connectivity index (χ1v) is 7.68. The van der Waals surface area contributed by atoms with Gasteiger partial charge in [-0.3, -0.25) is 4.90 Å². The topological polar surface area (TPSA) is 32.8 Å². The summed E-state index contributed by atoms with van der Waals surface area (Å²) in [6, 6.07) is 0. The minimum atomic E-state index is -0.416. The molecule has 1 rings (SSSR count). The second-order valence-electron chi connectivity index (χ2n) is 7.96. The third-order valence-corrected chi connectivity index (χ3v) is 3.80. The van der Waals surface area contributed by atoms with Crippen LogP contribution in [0, 0.1) is 5.92 Å². The average molecular weight is 284 g/mol. The third-order valence-electron chi connectivity index (χ3n) is 3.80. The lowest BCUT2D eigenvalue weighted by molar-refractivity contribution is 0.0221. The first-order valence-electron chi connectivity index (χ1n) is 7.68. The van der Waals surface area contributed by atoms with Crippen molar-refractivity contribution in [1.82, 2.24) is 9.80 Å². The highest BCUT2D eigenvalue weighted by Crippen LogP contribution is 2.24. The van der Waals surface area contributed by atoms with Gasteiger partial charge >= 0.3 is 6.09 Å². The van der Waals surface area contributed by atoms with Crippen molar-refractivity contribution >= 4 is 6.09 Å². The van der Waals surface area contributed by atoms with Crippen molar-refractivity contribution in [3.05, 3.63) is 0 Å². The molecule has 0 spiro atoms. The molecule has 0 saturated carbocycles. The summed E-state index contributed by atoms with van der Waals surface area (Å²) in [5.74, 6) is 0.589. The number of hydrogen-bond donors (Lipinski definition) is 0. The van der Waals surface area contributed by atoms with Crippen molar-refractivity contribution in [2.45, 2.75) is 65.5 Å². The normalized spacial score (nSPS) is 18.9. The van der Waals surface area contributed by atoms with Crippen LogP contribution in [0.5, 0.6) is 0 Å². The lowest BCUT2D eigenvalue weighted by atomic mass is 9.93. The van der Waals surface area contributed by atoms with Gasteiger partial charge < -0.3 is 9.64 Å². The van der Waals surface area contributed by atoms with E-state index in [0.29, 0.717) is 5.92 Å². The van der Waals surface area contributed by atoms with Gasteiger partial charge in [0.05, 0.1) is 0 Å². The van der Waals surface area contributed by atoms with Crippen LogP contribution in [0.25, 0.3) is 0 Å². The average Bonchev–Trinajstić information content (AvgIpc) is 2.26. The van der Waals surface area contributed by atoms with Gasteiger partial charge in [-0.15, -0.1) is 0 Å². The summed E-state index contributed by atoms with van der Waals surface area (Å²) in [6.45, 7) is 15.5. The number of carbonyl (C=O) groups excluding carboxylic acids is 1. The van der Waals surface area contributed by atoms with Crippen LogP contribution in [-0.4, -0.2) is 53.7 Å². The lowest BCUT2D eigenvalue weighted by Crippen LogP contribution is -2.48. The molecule has 4 heteroatoms. The molecule has 0 radical (unpaired) electrons. The highest BCUT2D eigenvalue weighted by Gasteiger charge is 2.28. The molecule has 0 aromatic carbocycles. The predicted molar refractivity (Wildman–Crippen MR) is 82.9 cm³/mol. The number of rotatable bonds is 2. The molecule has 4 nitrogen and oxygen atoms in total. The Labute approximate surface area is 124 Å². The van der Waals surface area contributed by atoms with Crippen LogP contribution in [-0.2, 0) is 4.74 Å². The molecule has 1 fully saturated rings. The minimum Gasteiger partial charge on any atom is -0.444 e. The number of ether oxygens (including phenoxy) is 1. The van der Waals surface area contributed by atoms with Gasteiger partial charge in [-0.1, -0.05) is 0 Å². The second-order valence-corrected chi connectivity index (χ2v) is 7.96. The van der Waals surface area contributed by atoms with Gasteiger partial charge in [0.2, 0.25) is 0 Å². The number of carbonyl (C=O) groups is 1. The summed E-state index contributed by atoms with van der Waals surface area (Å²) < 4.78 is 5.39. The molecule has 0 aromatic heterocycles. The van der Waals surface area contributed by atoms with E-state index >= 15 is 0 Å². The summed E-state index contributed by atoms with van der Waals surface area (Å²) in [5, 5.41) is 0. The van der Waals surface area contributed by atoms with E-state index in [9.17, 15) is 4.79 Å². The van der Waals surface area contributed by atoms with Crippen LogP contribution in [0.1, 0.15) is 54.4 Å². The molecule has 1 saturated heterocycles. The van der Waals surface area contributed by atoms with Gasteiger partial charge in [0.1, 0.15) is 5.60 Å². The molecule has 1 heterocycles. The van der Waals surface area contributed by atoms with E-state index in [1.54, 1.807) is 4.90 Å². The largest absolute Gasteiger partial charge is 0.444 e. The Morgan fingerprint density at radius 2 is 1.65 bits per heavy atom. The Morgan fingerprint density at radius 1 is 1.15 bits per heavy atom. The Balaban J connectivity index is 2.38. The maximum absolute atomic E-state index is 11.9. The number of nitrogens with zero attached hydrogens (tertiary/aromatic N) is 2. The van der Waals surface area contributed by atoms with E-state index in [1.807, 2.05) is 27.8 Å². The molecule has 1 amide bonds. The summed E-state index contributed by atoms with van der Waals surface area (Å²) in [5.41, 5.74) is -0.164. The second kappa shape index (κ2) is 6.33. The molecular formula is C16H32N2O2. The molecule has 0 bridgehead atoms. The quantitative estimate of drug-likeness (QED) is 0.779. The summed E-state index contributed by atoms with van der Waals surface area (Å²) in [6.07, 6.45) is 2.10. The van der Waals surface area contributed by atoms with E-state index in [0.717, 1.165) is 32.5 Å². The van der Waals surface area contributed by atoms with Crippen LogP contribution in [0.15, 0.2) is 0 Å². The van der Waals surface area contributed by atoms with Crippen molar-refractivity contribution < 1.29 is 9.53 Å². The Hall–Kier alpha value is -0.770. The monoisotopic (exact) mass is 284 g/mol. The van der Waals surface area contributed by atoms with Crippen molar-refractivity contribution in [1.29, 1.82) is 0 Å². The van der Waals surface area contributed by atoms with Crippen LogP contribution >= 0.6 is 0 Å². The molecule has 0 N–H and O–H groups in total. The van der Waals surface area contributed by atoms with Gasteiger partial charge in [-0.25, -0.2) is 4.79 Å². The Bertz CT molecular complexity index is 320. The summed E-state index contributed by atoms with van der Waals surface area (Å²) in [4.78, 5) is 16.2. The molecule has 1 aliphatic heterocycles. The predicted octanol–water partition coefficient (Wildman–Crippen LogP) is 3.36. The van der Waals surface area contributed by atoms with E-state index in [4.69, 9.17) is 4.74 Å². The maximum atomic E-state index is 11.9. The molecule has 1 aliphatic rings.